The van der Waals surface area contributed by atoms with Gasteiger partial charge >= 0.3 is 0 Å². The molecule has 0 fully saturated rings. The third-order valence-corrected chi connectivity index (χ3v) is 4.18. The molecule has 0 aliphatic heterocycles. The number of aryl methyl sites for hydroxylation is 1. The minimum absolute atomic E-state index is 0.0575. The van der Waals surface area contributed by atoms with E-state index in [2.05, 4.69) is 5.32 Å². The van der Waals surface area contributed by atoms with Crippen LogP contribution in [-0.2, 0) is 21.2 Å². The average Bonchev–Trinajstić information content (AvgIpc) is 2.52. The number of sulfonamides is 1. The minimum atomic E-state index is -3.69. The van der Waals surface area contributed by atoms with E-state index in [0.29, 0.717) is 17.9 Å². The summed E-state index contributed by atoms with van der Waals surface area (Å²) in [5, 5.41) is 7.82. The summed E-state index contributed by atoms with van der Waals surface area (Å²) in [7, 11) is -2.13. The molecule has 0 heterocycles. The predicted molar refractivity (Wildman–Crippen MR) is 87.8 cm³/mol. The molecule has 0 radical (unpaired) electrons. The second-order valence-electron chi connectivity index (χ2n) is 4.97. The standard InChI is InChI=1S/C16H18N2O4S/c1-22-14-4-2-3-13(11-14)18-16(19)10-7-12-5-8-15(9-6-12)23(17,20)21/h2-6,8-9,11H,7,10H2,1H3,(H,18,19)(H2,17,20,21). The maximum atomic E-state index is 11.9. The van der Waals surface area contributed by atoms with Crippen LogP contribution in [0.25, 0.3) is 0 Å². The van der Waals surface area contributed by atoms with Gasteiger partial charge in [-0.15, -0.1) is 0 Å². The van der Waals surface area contributed by atoms with Gasteiger partial charge in [0.1, 0.15) is 5.75 Å². The fourth-order valence-electron chi connectivity index (χ4n) is 2.03. The van der Waals surface area contributed by atoms with E-state index in [1.54, 1.807) is 43.5 Å². The normalized spacial score (nSPS) is 11.0. The Morgan fingerprint density at radius 1 is 1.17 bits per heavy atom. The number of anilines is 1. The lowest BCUT2D eigenvalue weighted by Gasteiger charge is -2.07. The van der Waals surface area contributed by atoms with Crippen LogP contribution in [0.3, 0.4) is 0 Å². The van der Waals surface area contributed by atoms with Crippen molar-refractivity contribution in [1.82, 2.24) is 0 Å². The van der Waals surface area contributed by atoms with Crippen LogP contribution in [-0.4, -0.2) is 21.4 Å². The quantitative estimate of drug-likeness (QED) is 0.843. The molecule has 3 N–H and O–H groups in total. The van der Waals surface area contributed by atoms with Gasteiger partial charge in [0.15, 0.2) is 0 Å². The zero-order valence-corrected chi connectivity index (χ0v) is 13.5. The summed E-state index contributed by atoms with van der Waals surface area (Å²) in [6.45, 7) is 0. The van der Waals surface area contributed by atoms with Crippen molar-refractivity contribution in [3.05, 3.63) is 54.1 Å². The maximum absolute atomic E-state index is 11.9. The van der Waals surface area contributed by atoms with Crippen LogP contribution in [0.15, 0.2) is 53.4 Å². The van der Waals surface area contributed by atoms with Gasteiger partial charge in [-0.25, -0.2) is 13.6 Å². The Labute approximate surface area is 135 Å². The van der Waals surface area contributed by atoms with E-state index >= 15 is 0 Å². The first-order chi connectivity index (χ1) is 10.9. The molecule has 0 aromatic heterocycles. The Hall–Kier alpha value is -2.38. The second-order valence-corrected chi connectivity index (χ2v) is 6.53. The van der Waals surface area contributed by atoms with E-state index in [1.807, 2.05) is 0 Å². The van der Waals surface area contributed by atoms with Crippen molar-refractivity contribution in [2.75, 3.05) is 12.4 Å². The smallest absolute Gasteiger partial charge is 0.238 e. The van der Waals surface area contributed by atoms with Gasteiger partial charge in [-0.2, -0.15) is 0 Å². The summed E-state index contributed by atoms with van der Waals surface area (Å²) >= 11 is 0. The first kappa shape index (κ1) is 17.0. The lowest BCUT2D eigenvalue weighted by atomic mass is 10.1. The zero-order chi connectivity index (χ0) is 16.9. The summed E-state index contributed by atoms with van der Waals surface area (Å²) in [5.41, 5.74) is 1.53. The number of nitrogens with two attached hydrogens (primary N) is 1. The molecule has 2 aromatic carbocycles. The van der Waals surface area contributed by atoms with E-state index in [1.165, 1.54) is 12.1 Å². The highest BCUT2D eigenvalue weighted by atomic mass is 32.2. The van der Waals surface area contributed by atoms with E-state index in [4.69, 9.17) is 9.88 Å². The van der Waals surface area contributed by atoms with E-state index in [9.17, 15) is 13.2 Å². The van der Waals surface area contributed by atoms with E-state index in [0.717, 1.165) is 5.56 Å². The van der Waals surface area contributed by atoms with Gasteiger partial charge in [0.2, 0.25) is 15.9 Å². The van der Waals surface area contributed by atoms with Gasteiger partial charge in [0.05, 0.1) is 12.0 Å². The summed E-state index contributed by atoms with van der Waals surface area (Å²) in [6, 6.07) is 13.3. The van der Waals surface area contributed by atoms with Crippen molar-refractivity contribution >= 4 is 21.6 Å². The third kappa shape index (κ3) is 5.08. The minimum Gasteiger partial charge on any atom is -0.497 e. The molecule has 2 aromatic rings. The summed E-state index contributed by atoms with van der Waals surface area (Å²) < 4.78 is 27.4. The van der Waals surface area contributed by atoms with Crippen LogP contribution in [0.2, 0.25) is 0 Å². The Morgan fingerprint density at radius 2 is 1.87 bits per heavy atom. The number of hydrogen-bond acceptors (Lipinski definition) is 4. The summed E-state index contributed by atoms with van der Waals surface area (Å²) in [4.78, 5) is 12.0. The number of ether oxygens (including phenoxy) is 1. The van der Waals surface area contributed by atoms with E-state index in [-0.39, 0.29) is 17.2 Å². The second kappa shape index (κ2) is 7.26. The van der Waals surface area contributed by atoms with Crippen LogP contribution in [0.1, 0.15) is 12.0 Å². The number of benzene rings is 2. The highest BCUT2D eigenvalue weighted by Gasteiger charge is 2.08. The van der Waals surface area contributed by atoms with Gasteiger partial charge in [0.25, 0.3) is 0 Å². The van der Waals surface area contributed by atoms with Crippen LogP contribution in [0.5, 0.6) is 5.75 Å². The van der Waals surface area contributed by atoms with Crippen molar-refractivity contribution in [2.24, 2.45) is 5.14 Å². The highest BCUT2D eigenvalue weighted by Crippen LogP contribution is 2.17. The number of amides is 1. The first-order valence-electron chi connectivity index (χ1n) is 6.94. The van der Waals surface area contributed by atoms with Crippen molar-refractivity contribution in [2.45, 2.75) is 17.7 Å². The Kier molecular flexibility index (Phi) is 5.36. The number of primary sulfonamides is 1. The molecule has 0 atom stereocenters. The molecule has 2 rings (SSSR count). The molecular formula is C16H18N2O4S. The Morgan fingerprint density at radius 3 is 2.48 bits per heavy atom. The molecule has 0 saturated carbocycles. The fraction of sp³-hybridized carbons (Fsp3) is 0.188. The number of carbonyl (C=O) groups is 1. The third-order valence-electron chi connectivity index (χ3n) is 3.25. The van der Waals surface area contributed by atoms with Crippen molar-refractivity contribution in [3.63, 3.8) is 0 Å². The number of methoxy groups -OCH3 is 1. The lowest BCUT2D eigenvalue weighted by Crippen LogP contribution is -2.13. The largest absolute Gasteiger partial charge is 0.497 e. The molecular weight excluding hydrogens is 316 g/mol. The average molecular weight is 334 g/mol. The Bertz CT molecular complexity index is 786. The van der Waals surface area contributed by atoms with Crippen LogP contribution >= 0.6 is 0 Å². The van der Waals surface area contributed by atoms with Gasteiger partial charge in [0, 0.05) is 18.2 Å². The monoisotopic (exact) mass is 334 g/mol. The van der Waals surface area contributed by atoms with E-state index < -0.39 is 10.0 Å². The molecule has 0 bridgehead atoms. The van der Waals surface area contributed by atoms with Crippen LogP contribution in [0, 0.1) is 0 Å². The van der Waals surface area contributed by atoms with Gasteiger partial charge < -0.3 is 10.1 Å². The predicted octanol–water partition coefficient (Wildman–Crippen LogP) is 1.91. The summed E-state index contributed by atoms with van der Waals surface area (Å²) in [6.07, 6.45) is 0.784. The van der Waals surface area contributed by atoms with Crippen molar-refractivity contribution in [3.8, 4) is 5.75 Å². The van der Waals surface area contributed by atoms with Crippen molar-refractivity contribution in [1.29, 1.82) is 0 Å². The molecule has 0 spiro atoms. The number of hydrogen-bond donors (Lipinski definition) is 2. The van der Waals surface area contributed by atoms with Crippen LogP contribution < -0.4 is 15.2 Å². The molecule has 1 amide bonds. The molecule has 122 valence electrons. The molecule has 0 aliphatic rings. The fourth-order valence-corrected chi connectivity index (χ4v) is 2.54. The lowest BCUT2D eigenvalue weighted by molar-refractivity contribution is -0.116. The first-order valence-corrected chi connectivity index (χ1v) is 8.49. The molecule has 0 saturated heterocycles. The Balaban J connectivity index is 1.91. The molecule has 6 nitrogen and oxygen atoms in total. The molecule has 0 aliphatic carbocycles. The summed E-state index contributed by atoms with van der Waals surface area (Å²) in [5.74, 6) is 0.537. The van der Waals surface area contributed by atoms with Gasteiger partial charge in [-0.3, -0.25) is 4.79 Å². The zero-order valence-electron chi connectivity index (χ0n) is 12.7. The number of nitrogens with one attached hydrogen (secondary N) is 1. The number of carbonyl (C=O) groups excluding carboxylic acids is 1. The molecule has 7 heteroatoms. The highest BCUT2D eigenvalue weighted by molar-refractivity contribution is 7.89. The topological polar surface area (TPSA) is 98.5 Å². The van der Waals surface area contributed by atoms with Gasteiger partial charge in [-0.1, -0.05) is 18.2 Å². The molecule has 0 unspecified atom stereocenters. The number of rotatable bonds is 6. The van der Waals surface area contributed by atoms with Crippen molar-refractivity contribution < 1.29 is 17.9 Å². The maximum Gasteiger partial charge on any atom is 0.238 e. The SMILES string of the molecule is COc1cccc(NC(=O)CCc2ccc(S(N)(=O)=O)cc2)c1. The van der Waals surface area contributed by atoms with Gasteiger partial charge in [-0.05, 0) is 36.2 Å². The van der Waals surface area contributed by atoms with Crippen LogP contribution in [0.4, 0.5) is 5.69 Å². The molecule has 23 heavy (non-hydrogen) atoms.